The standard InChI is InChI=1S/C20H18N2O6/c23-17-10-18-21(17)12-16(28-18)11-20(8-6-15(7-9-20)22(25)26)19(24)27-13-14-4-2-1-3-5-14/h1-8,11,18H,9-10,12-13H2. The number of hydrogen-bond acceptors (Lipinski definition) is 6. The number of allylic oxidation sites excluding steroid dienone is 2. The van der Waals surface area contributed by atoms with E-state index in [4.69, 9.17) is 9.47 Å². The van der Waals surface area contributed by atoms with Crippen molar-refractivity contribution < 1.29 is 24.0 Å². The Balaban J connectivity index is 1.56. The Bertz CT molecular complexity index is 920. The second-order valence-electron chi connectivity index (χ2n) is 6.93. The highest BCUT2D eigenvalue weighted by molar-refractivity contribution is 5.84. The monoisotopic (exact) mass is 382 g/mol. The third-order valence-corrected chi connectivity index (χ3v) is 5.05. The van der Waals surface area contributed by atoms with Crippen molar-refractivity contribution in [3.8, 4) is 0 Å². The van der Waals surface area contributed by atoms with Gasteiger partial charge >= 0.3 is 5.97 Å². The fourth-order valence-electron chi connectivity index (χ4n) is 3.42. The summed E-state index contributed by atoms with van der Waals surface area (Å²) in [5.74, 6) is -0.0261. The summed E-state index contributed by atoms with van der Waals surface area (Å²) in [7, 11) is 0. The molecule has 0 saturated carbocycles. The number of carbonyl (C=O) groups is 2. The average molecular weight is 382 g/mol. The minimum absolute atomic E-state index is 0.00354. The maximum Gasteiger partial charge on any atom is 0.320 e. The Morgan fingerprint density at radius 3 is 2.79 bits per heavy atom. The zero-order chi connectivity index (χ0) is 19.7. The van der Waals surface area contributed by atoms with Crippen LogP contribution in [0.2, 0.25) is 0 Å². The van der Waals surface area contributed by atoms with Crippen LogP contribution in [-0.2, 0) is 25.7 Å². The van der Waals surface area contributed by atoms with Crippen LogP contribution < -0.4 is 0 Å². The van der Waals surface area contributed by atoms with Crippen molar-refractivity contribution in [2.45, 2.75) is 25.7 Å². The Morgan fingerprint density at radius 1 is 1.39 bits per heavy atom. The molecule has 4 rings (SSSR count). The molecule has 0 N–H and O–H groups in total. The van der Waals surface area contributed by atoms with E-state index in [9.17, 15) is 19.7 Å². The molecule has 2 heterocycles. The fourth-order valence-corrected chi connectivity index (χ4v) is 3.42. The molecule has 1 aliphatic carbocycles. The van der Waals surface area contributed by atoms with E-state index in [0.29, 0.717) is 12.2 Å². The van der Waals surface area contributed by atoms with E-state index in [1.54, 1.807) is 11.0 Å². The van der Waals surface area contributed by atoms with Gasteiger partial charge in [-0.1, -0.05) is 36.4 Å². The predicted octanol–water partition coefficient (Wildman–Crippen LogP) is 2.31. The van der Waals surface area contributed by atoms with Crippen molar-refractivity contribution in [2.75, 3.05) is 6.54 Å². The number of hydrogen-bond donors (Lipinski definition) is 0. The van der Waals surface area contributed by atoms with Gasteiger partial charge in [0.05, 0.1) is 17.9 Å². The highest BCUT2D eigenvalue weighted by Gasteiger charge is 2.46. The van der Waals surface area contributed by atoms with Gasteiger partial charge in [-0.3, -0.25) is 24.6 Å². The Labute approximate surface area is 160 Å². The van der Waals surface area contributed by atoms with Gasteiger partial charge in [0.25, 0.3) is 5.70 Å². The molecule has 28 heavy (non-hydrogen) atoms. The average Bonchev–Trinajstić information content (AvgIpc) is 3.03. The smallest absolute Gasteiger partial charge is 0.320 e. The number of β-lactam (4-membered cyclic amide) rings is 1. The van der Waals surface area contributed by atoms with E-state index in [0.717, 1.165) is 5.56 Å². The van der Waals surface area contributed by atoms with Crippen molar-refractivity contribution in [1.82, 2.24) is 4.90 Å². The topological polar surface area (TPSA) is 99.0 Å². The minimum Gasteiger partial charge on any atom is -0.473 e. The van der Waals surface area contributed by atoms with Crippen LogP contribution in [0.1, 0.15) is 18.4 Å². The molecule has 1 aromatic rings. The van der Waals surface area contributed by atoms with Crippen LogP contribution >= 0.6 is 0 Å². The van der Waals surface area contributed by atoms with Crippen molar-refractivity contribution in [3.63, 3.8) is 0 Å². The van der Waals surface area contributed by atoms with Gasteiger partial charge in [0, 0.05) is 6.08 Å². The third kappa shape index (κ3) is 3.28. The summed E-state index contributed by atoms with van der Waals surface area (Å²) in [6.45, 7) is 0.384. The zero-order valence-corrected chi connectivity index (χ0v) is 14.9. The molecule has 8 heteroatoms. The van der Waals surface area contributed by atoms with Crippen molar-refractivity contribution in [3.05, 3.63) is 81.8 Å². The van der Waals surface area contributed by atoms with Crippen molar-refractivity contribution in [2.24, 2.45) is 5.41 Å². The Kier molecular flexibility index (Phi) is 4.46. The van der Waals surface area contributed by atoms with Crippen LogP contribution in [0.15, 0.2) is 66.1 Å². The number of fused-ring (bicyclic) bond motifs is 1. The molecule has 144 valence electrons. The largest absolute Gasteiger partial charge is 0.473 e. The van der Waals surface area contributed by atoms with Gasteiger partial charge in [-0.15, -0.1) is 0 Å². The molecular weight excluding hydrogens is 364 g/mol. The third-order valence-electron chi connectivity index (χ3n) is 5.05. The number of nitro groups is 1. The number of benzene rings is 1. The summed E-state index contributed by atoms with van der Waals surface area (Å²) in [6, 6.07) is 9.25. The highest BCUT2D eigenvalue weighted by atomic mass is 16.6. The van der Waals surface area contributed by atoms with Crippen LogP contribution in [-0.4, -0.2) is 34.5 Å². The first kappa shape index (κ1) is 18.0. The lowest BCUT2D eigenvalue weighted by atomic mass is 9.80. The highest BCUT2D eigenvalue weighted by Crippen LogP contribution is 2.38. The molecule has 3 aliphatic rings. The van der Waals surface area contributed by atoms with Crippen LogP contribution in [0.25, 0.3) is 0 Å². The summed E-state index contributed by atoms with van der Waals surface area (Å²) in [5.41, 5.74) is -0.444. The molecular formula is C20H18N2O6. The van der Waals surface area contributed by atoms with E-state index in [-0.39, 0.29) is 37.4 Å². The summed E-state index contributed by atoms with van der Waals surface area (Å²) in [4.78, 5) is 36.6. The summed E-state index contributed by atoms with van der Waals surface area (Å²) >= 11 is 0. The lowest BCUT2D eigenvalue weighted by molar-refractivity contribution is -0.419. The van der Waals surface area contributed by atoms with Gasteiger partial charge < -0.3 is 9.47 Å². The maximum atomic E-state index is 12.9. The van der Waals surface area contributed by atoms with Crippen molar-refractivity contribution in [1.29, 1.82) is 0 Å². The number of rotatable bonds is 5. The lowest BCUT2D eigenvalue weighted by Gasteiger charge is -2.30. The first-order valence-corrected chi connectivity index (χ1v) is 8.90. The fraction of sp³-hybridized carbons (Fsp3) is 0.300. The normalized spacial score (nSPS) is 26.9. The first-order chi connectivity index (χ1) is 13.5. The molecule has 1 aromatic carbocycles. The number of ether oxygens (including phenoxy) is 2. The van der Waals surface area contributed by atoms with Gasteiger partial charge in [0.2, 0.25) is 5.91 Å². The van der Waals surface area contributed by atoms with Gasteiger partial charge in [-0.2, -0.15) is 0 Å². The van der Waals surface area contributed by atoms with E-state index >= 15 is 0 Å². The van der Waals surface area contributed by atoms with Gasteiger partial charge in [0.15, 0.2) is 6.23 Å². The lowest BCUT2D eigenvalue weighted by Crippen LogP contribution is -2.48. The number of esters is 1. The maximum absolute atomic E-state index is 12.9. The molecule has 8 nitrogen and oxygen atoms in total. The van der Waals surface area contributed by atoms with Crippen molar-refractivity contribution >= 4 is 11.9 Å². The van der Waals surface area contributed by atoms with E-state index in [2.05, 4.69) is 0 Å². The van der Waals surface area contributed by atoms with E-state index in [1.807, 2.05) is 30.3 Å². The summed E-state index contributed by atoms with van der Waals surface area (Å²) in [6.07, 6.45) is 5.92. The van der Waals surface area contributed by atoms with E-state index < -0.39 is 16.3 Å². The molecule has 0 bridgehead atoms. The first-order valence-electron chi connectivity index (χ1n) is 8.90. The van der Waals surface area contributed by atoms with Crippen LogP contribution in [0.3, 0.4) is 0 Å². The molecule has 2 aliphatic heterocycles. The molecule has 1 amide bonds. The quantitative estimate of drug-likeness (QED) is 0.335. The molecule has 2 fully saturated rings. The second kappa shape index (κ2) is 6.95. The number of nitrogens with zero attached hydrogens (tertiary/aromatic N) is 2. The molecule has 0 radical (unpaired) electrons. The molecule has 0 spiro atoms. The summed E-state index contributed by atoms with van der Waals surface area (Å²) < 4.78 is 11.2. The van der Waals surface area contributed by atoms with Crippen LogP contribution in [0.4, 0.5) is 0 Å². The van der Waals surface area contributed by atoms with Gasteiger partial charge in [-0.05, 0) is 24.1 Å². The SMILES string of the molecule is O=C1CC2OC(=CC3(C(=O)OCc4ccccc4)C=CC([N+](=O)[O-])=CC3)CN12. The molecule has 2 saturated heterocycles. The molecule has 2 unspecified atom stereocenters. The number of carbonyl (C=O) groups excluding carboxylic acids is 2. The van der Waals surface area contributed by atoms with Gasteiger partial charge in [-0.25, -0.2) is 0 Å². The van der Waals surface area contributed by atoms with E-state index in [1.165, 1.54) is 18.2 Å². The Morgan fingerprint density at radius 2 is 2.18 bits per heavy atom. The number of amides is 1. The Hall–Kier alpha value is -3.42. The van der Waals surface area contributed by atoms with Crippen LogP contribution in [0, 0.1) is 15.5 Å². The van der Waals surface area contributed by atoms with Crippen LogP contribution in [0.5, 0.6) is 0 Å². The summed E-state index contributed by atoms with van der Waals surface area (Å²) in [5, 5.41) is 11.0. The molecule has 2 atom stereocenters. The second-order valence-corrected chi connectivity index (χ2v) is 6.93. The predicted molar refractivity (Wildman–Crippen MR) is 96.8 cm³/mol. The zero-order valence-electron chi connectivity index (χ0n) is 14.9. The van der Waals surface area contributed by atoms with Gasteiger partial charge in [0.1, 0.15) is 17.8 Å². The molecule has 0 aromatic heterocycles. The minimum atomic E-state index is -1.21.